The van der Waals surface area contributed by atoms with Crippen LogP contribution in [0.4, 0.5) is 11.4 Å². The highest BCUT2D eigenvalue weighted by Gasteiger charge is 2.32. The lowest BCUT2D eigenvalue weighted by molar-refractivity contribution is -0.384. The summed E-state index contributed by atoms with van der Waals surface area (Å²) in [5.41, 5.74) is 0.383. The molecule has 0 bridgehead atoms. The van der Waals surface area contributed by atoms with Crippen LogP contribution in [-0.2, 0) is 26.2 Å². The molecule has 0 aromatic heterocycles. The number of nitrogens with zero attached hydrogens (tertiary/aromatic N) is 3. The number of rotatable bonds is 13. The summed E-state index contributed by atoms with van der Waals surface area (Å²) in [5.74, 6) is -0.345. The summed E-state index contributed by atoms with van der Waals surface area (Å²) in [6, 6.07) is 11.1. The zero-order valence-corrected chi connectivity index (χ0v) is 21.7. The molecule has 0 fully saturated rings. The monoisotopic (exact) mass is 520 g/mol. The molecule has 0 spiro atoms. The van der Waals surface area contributed by atoms with Crippen LogP contribution in [0.5, 0.6) is 5.75 Å². The average Bonchev–Trinajstić information content (AvgIpc) is 2.85. The lowest BCUT2D eigenvalue weighted by Crippen LogP contribution is -2.52. The van der Waals surface area contributed by atoms with Gasteiger partial charge in [0.05, 0.1) is 24.0 Å². The summed E-state index contributed by atoms with van der Waals surface area (Å²) in [6.07, 6.45) is 1.93. The predicted molar refractivity (Wildman–Crippen MR) is 136 cm³/mol. The summed E-state index contributed by atoms with van der Waals surface area (Å²) in [6.45, 7) is 3.52. The Morgan fingerprint density at radius 2 is 1.81 bits per heavy atom. The van der Waals surface area contributed by atoms with E-state index < -0.39 is 33.4 Å². The molecule has 2 aromatic rings. The molecule has 0 heterocycles. The molecule has 11 nitrogen and oxygen atoms in total. The molecule has 2 amide bonds. The molecule has 0 aliphatic heterocycles. The summed E-state index contributed by atoms with van der Waals surface area (Å²) in [4.78, 5) is 38.4. The van der Waals surface area contributed by atoms with Gasteiger partial charge >= 0.3 is 0 Å². The lowest BCUT2D eigenvalue weighted by Gasteiger charge is -2.32. The molecule has 0 aliphatic rings. The fourth-order valence-corrected chi connectivity index (χ4v) is 4.43. The Kier molecular flexibility index (Phi) is 10.2. The fraction of sp³-hybridized carbons (Fsp3) is 0.417. The molecule has 0 unspecified atom stereocenters. The second kappa shape index (κ2) is 12.9. The van der Waals surface area contributed by atoms with Crippen molar-refractivity contribution >= 4 is 33.2 Å². The van der Waals surface area contributed by atoms with Gasteiger partial charge in [0, 0.05) is 25.2 Å². The van der Waals surface area contributed by atoms with Crippen LogP contribution >= 0.6 is 0 Å². The Morgan fingerprint density at radius 3 is 2.33 bits per heavy atom. The van der Waals surface area contributed by atoms with Crippen LogP contribution in [0.25, 0.3) is 0 Å². The van der Waals surface area contributed by atoms with Crippen molar-refractivity contribution in [3.8, 4) is 5.75 Å². The van der Waals surface area contributed by atoms with Crippen LogP contribution in [0.1, 0.15) is 32.3 Å². The minimum Gasteiger partial charge on any atom is -0.497 e. The van der Waals surface area contributed by atoms with Gasteiger partial charge in [-0.15, -0.1) is 0 Å². The van der Waals surface area contributed by atoms with Gasteiger partial charge in [0.15, 0.2) is 0 Å². The molecule has 2 aromatic carbocycles. The van der Waals surface area contributed by atoms with Crippen molar-refractivity contribution < 1.29 is 27.7 Å². The first-order valence-corrected chi connectivity index (χ1v) is 13.3. The Hall–Kier alpha value is -3.67. The molecular weight excluding hydrogens is 488 g/mol. The van der Waals surface area contributed by atoms with Crippen molar-refractivity contribution in [3.63, 3.8) is 0 Å². The molecule has 0 saturated heterocycles. The number of nitro groups is 1. The molecule has 12 heteroatoms. The first-order valence-electron chi connectivity index (χ1n) is 11.4. The van der Waals surface area contributed by atoms with Gasteiger partial charge in [-0.05, 0) is 36.6 Å². The van der Waals surface area contributed by atoms with E-state index in [2.05, 4.69) is 5.32 Å². The standard InChI is InChI=1S/C24H32N4O7S/c1-5-14-25-24(30)22(6-2)26(16-18-10-12-21(35-3)13-11-18)23(29)17-27(36(4,33)34)19-8-7-9-20(15-19)28(31)32/h7-13,15,22H,5-6,14,16-17H2,1-4H3,(H,25,30)/t22-/m1/s1. The maximum absolute atomic E-state index is 13.6. The van der Waals surface area contributed by atoms with E-state index in [0.29, 0.717) is 30.7 Å². The first kappa shape index (κ1) is 28.6. The Bertz CT molecular complexity index is 1170. The molecule has 0 radical (unpaired) electrons. The molecule has 1 atom stereocenters. The fourth-order valence-electron chi connectivity index (χ4n) is 3.59. The van der Waals surface area contributed by atoms with Crippen LogP contribution in [-0.4, -0.2) is 62.6 Å². The summed E-state index contributed by atoms with van der Waals surface area (Å²) < 4.78 is 31.2. The van der Waals surface area contributed by atoms with Gasteiger partial charge in [0.2, 0.25) is 21.8 Å². The van der Waals surface area contributed by atoms with Gasteiger partial charge in [-0.25, -0.2) is 8.42 Å². The quantitative estimate of drug-likeness (QED) is 0.316. The second-order valence-electron chi connectivity index (χ2n) is 8.13. The third-order valence-corrected chi connectivity index (χ3v) is 6.60. The first-order chi connectivity index (χ1) is 17.0. The number of anilines is 1. The number of nitro benzene ring substituents is 1. The number of hydrogen-bond acceptors (Lipinski definition) is 7. The van der Waals surface area contributed by atoms with Crippen molar-refractivity contribution in [2.24, 2.45) is 0 Å². The number of methoxy groups -OCH3 is 1. The molecular formula is C24H32N4O7S. The van der Waals surface area contributed by atoms with Gasteiger partial charge in [-0.1, -0.05) is 32.0 Å². The summed E-state index contributed by atoms with van der Waals surface area (Å²) in [7, 11) is -2.46. The second-order valence-corrected chi connectivity index (χ2v) is 10.0. The Balaban J connectivity index is 2.45. The molecule has 2 rings (SSSR count). The van der Waals surface area contributed by atoms with Crippen LogP contribution in [0, 0.1) is 10.1 Å². The van der Waals surface area contributed by atoms with E-state index in [0.717, 1.165) is 16.6 Å². The van der Waals surface area contributed by atoms with E-state index in [1.54, 1.807) is 31.2 Å². The lowest BCUT2D eigenvalue weighted by atomic mass is 10.1. The van der Waals surface area contributed by atoms with Crippen LogP contribution in [0.15, 0.2) is 48.5 Å². The minimum atomic E-state index is -3.99. The normalized spacial score (nSPS) is 11.9. The summed E-state index contributed by atoms with van der Waals surface area (Å²) in [5, 5.41) is 14.0. The Labute approximate surface area is 211 Å². The third-order valence-electron chi connectivity index (χ3n) is 5.45. The topological polar surface area (TPSA) is 139 Å². The number of nitrogens with one attached hydrogen (secondary N) is 1. The Morgan fingerprint density at radius 1 is 1.14 bits per heavy atom. The number of non-ortho nitro benzene ring substituents is 1. The average molecular weight is 521 g/mol. The predicted octanol–water partition coefficient (Wildman–Crippen LogP) is 2.70. The minimum absolute atomic E-state index is 0.0204. The van der Waals surface area contributed by atoms with Gasteiger partial charge < -0.3 is 15.0 Å². The number of sulfonamides is 1. The molecule has 0 saturated carbocycles. The van der Waals surface area contributed by atoms with Crippen LogP contribution in [0.2, 0.25) is 0 Å². The molecule has 1 N–H and O–H groups in total. The van der Waals surface area contributed by atoms with Crippen molar-refractivity contribution in [1.29, 1.82) is 0 Å². The highest BCUT2D eigenvalue weighted by Crippen LogP contribution is 2.24. The van der Waals surface area contributed by atoms with E-state index in [1.165, 1.54) is 30.2 Å². The zero-order valence-electron chi connectivity index (χ0n) is 20.8. The number of carbonyl (C=O) groups is 2. The SMILES string of the molecule is CCCNC(=O)[C@@H](CC)N(Cc1ccc(OC)cc1)C(=O)CN(c1cccc([N+](=O)[O-])c1)S(C)(=O)=O. The molecule has 0 aliphatic carbocycles. The highest BCUT2D eigenvalue weighted by atomic mass is 32.2. The van der Waals surface area contributed by atoms with E-state index in [9.17, 15) is 28.1 Å². The number of ether oxygens (including phenoxy) is 1. The molecule has 36 heavy (non-hydrogen) atoms. The smallest absolute Gasteiger partial charge is 0.271 e. The van der Waals surface area contributed by atoms with Crippen molar-refractivity contribution in [2.75, 3.05) is 30.8 Å². The number of hydrogen-bond donors (Lipinski definition) is 1. The number of carbonyl (C=O) groups excluding carboxylic acids is 2. The maximum atomic E-state index is 13.6. The van der Waals surface area contributed by atoms with E-state index >= 15 is 0 Å². The van der Waals surface area contributed by atoms with Gasteiger partial charge in [0.25, 0.3) is 5.69 Å². The van der Waals surface area contributed by atoms with E-state index in [4.69, 9.17) is 4.74 Å². The zero-order chi connectivity index (χ0) is 26.9. The summed E-state index contributed by atoms with van der Waals surface area (Å²) >= 11 is 0. The number of amides is 2. The van der Waals surface area contributed by atoms with E-state index in [-0.39, 0.29) is 23.8 Å². The van der Waals surface area contributed by atoms with Gasteiger partial charge in [0.1, 0.15) is 18.3 Å². The third kappa shape index (κ3) is 7.67. The maximum Gasteiger partial charge on any atom is 0.271 e. The van der Waals surface area contributed by atoms with Crippen LogP contribution < -0.4 is 14.4 Å². The number of benzene rings is 2. The van der Waals surface area contributed by atoms with Crippen LogP contribution in [0.3, 0.4) is 0 Å². The molecule has 196 valence electrons. The largest absolute Gasteiger partial charge is 0.497 e. The van der Waals surface area contributed by atoms with E-state index in [1.807, 2.05) is 6.92 Å². The van der Waals surface area contributed by atoms with Crippen molar-refractivity contribution in [1.82, 2.24) is 10.2 Å². The van der Waals surface area contributed by atoms with Crippen molar-refractivity contribution in [2.45, 2.75) is 39.3 Å². The van der Waals surface area contributed by atoms with Crippen molar-refractivity contribution in [3.05, 3.63) is 64.2 Å². The van der Waals surface area contributed by atoms with Gasteiger partial charge in [-0.3, -0.25) is 24.0 Å². The van der Waals surface area contributed by atoms with Gasteiger partial charge in [-0.2, -0.15) is 0 Å². The highest BCUT2D eigenvalue weighted by molar-refractivity contribution is 7.92.